The van der Waals surface area contributed by atoms with Gasteiger partial charge in [0, 0.05) is 0 Å². The first-order valence-electron chi connectivity index (χ1n) is 6.91. The lowest BCUT2D eigenvalue weighted by atomic mass is 10.1. The number of hydrogen-bond donors (Lipinski definition) is 1. The van der Waals surface area contributed by atoms with E-state index in [1.54, 1.807) is 44.6 Å². The summed E-state index contributed by atoms with van der Waals surface area (Å²) in [6.45, 7) is 0. The second-order valence-corrected chi connectivity index (χ2v) is 4.66. The summed E-state index contributed by atoms with van der Waals surface area (Å²) in [6, 6.07) is 9.83. The van der Waals surface area contributed by atoms with Crippen molar-refractivity contribution in [2.75, 3.05) is 21.3 Å². The van der Waals surface area contributed by atoms with Crippen LogP contribution in [-0.4, -0.2) is 32.2 Å². The van der Waals surface area contributed by atoms with Crippen LogP contribution in [0.1, 0.15) is 15.9 Å². The van der Waals surface area contributed by atoms with E-state index in [1.165, 1.54) is 25.3 Å². The zero-order valence-corrected chi connectivity index (χ0v) is 13.2. The van der Waals surface area contributed by atoms with Crippen molar-refractivity contribution in [3.05, 3.63) is 53.6 Å². The molecule has 0 fully saturated rings. The molecule has 0 aliphatic heterocycles. The molecule has 5 nitrogen and oxygen atoms in total. The lowest BCUT2D eigenvalue weighted by Gasteiger charge is -2.09. The summed E-state index contributed by atoms with van der Waals surface area (Å²) >= 11 is 0. The van der Waals surface area contributed by atoms with Crippen LogP contribution in [0.25, 0.3) is 6.08 Å². The number of carbonyl (C=O) groups excluding carboxylic acids is 1. The highest BCUT2D eigenvalue weighted by Crippen LogP contribution is 2.30. The van der Waals surface area contributed by atoms with Crippen LogP contribution in [0.5, 0.6) is 23.0 Å². The third-order valence-electron chi connectivity index (χ3n) is 3.34. The van der Waals surface area contributed by atoms with Crippen LogP contribution in [0, 0.1) is 0 Å². The van der Waals surface area contributed by atoms with Crippen molar-refractivity contribution >= 4 is 11.9 Å². The number of methoxy groups -OCH3 is 3. The zero-order valence-electron chi connectivity index (χ0n) is 13.2. The van der Waals surface area contributed by atoms with E-state index in [-0.39, 0.29) is 17.1 Å². The van der Waals surface area contributed by atoms with Gasteiger partial charge in [0.25, 0.3) is 0 Å². The SMILES string of the molecule is COc1ccc(O)c(C(=O)/C=C/c2c(OC)cccc2OC)c1. The largest absolute Gasteiger partial charge is 0.507 e. The highest BCUT2D eigenvalue weighted by atomic mass is 16.5. The minimum atomic E-state index is -0.352. The van der Waals surface area contributed by atoms with E-state index in [1.807, 2.05) is 0 Å². The predicted octanol–water partition coefficient (Wildman–Crippen LogP) is 3.31. The van der Waals surface area contributed by atoms with Gasteiger partial charge in [-0.05, 0) is 42.5 Å². The molecule has 0 saturated carbocycles. The van der Waals surface area contributed by atoms with Gasteiger partial charge in [-0.25, -0.2) is 0 Å². The summed E-state index contributed by atoms with van der Waals surface area (Å²) in [5.74, 6) is 1.21. The van der Waals surface area contributed by atoms with E-state index in [0.29, 0.717) is 22.8 Å². The Kier molecular flexibility index (Phi) is 5.25. The van der Waals surface area contributed by atoms with E-state index in [2.05, 4.69) is 0 Å². The third kappa shape index (κ3) is 3.63. The molecule has 0 aromatic heterocycles. The molecule has 0 radical (unpaired) electrons. The Labute approximate surface area is 134 Å². The van der Waals surface area contributed by atoms with Crippen molar-refractivity contribution in [3.8, 4) is 23.0 Å². The van der Waals surface area contributed by atoms with Gasteiger partial charge in [0.15, 0.2) is 5.78 Å². The number of carbonyl (C=O) groups is 1. The molecule has 0 saturated heterocycles. The second kappa shape index (κ2) is 7.35. The Morgan fingerprint density at radius 1 is 1.00 bits per heavy atom. The molecule has 0 spiro atoms. The summed E-state index contributed by atoms with van der Waals surface area (Å²) in [7, 11) is 4.58. The molecular weight excluding hydrogens is 296 g/mol. The molecule has 23 heavy (non-hydrogen) atoms. The van der Waals surface area contributed by atoms with E-state index in [0.717, 1.165) is 0 Å². The first kappa shape index (κ1) is 16.4. The maximum atomic E-state index is 12.3. The molecular formula is C18H18O5. The average Bonchev–Trinajstić information content (AvgIpc) is 2.59. The predicted molar refractivity (Wildman–Crippen MR) is 87.6 cm³/mol. The Bertz CT molecular complexity index is 712. The number of allylic oxidation sites excluding steroid dienone is 1. The molecule has 2 aromatic rings. The topological polar surface area (TPSA) is 65.0 Å². The van der Waals surface area contributed by atoms with Crippen LogP contribution >= 0.6 is 0 Å². The monoisotopic (exact) mass is 314 g/mol. The molecule has 0 bridgehead atoms. The quantitative estimate of drug-likeness (QED) is 0.654. The number of phenols is 1. The standard InChI is InChI=1S/C18H18O5/c1-21-12-7-9-15(19)14(11-12)16(20)10-8-13-17(22-2)5-4-6-18(13)23-3/h4-11,19H,1-3H3/b10-8+. The molecule has 0 unspecified atom stereocenters. The Morgan fingerprint density at radius 3 is 2.22 bits per heavy atom. The van der Waals surface area contributed by atoms with Crippen molar-refractivity contribution in [1.29, 1.82) is 0 Å². The molecule has 2 rings (SSSR count). The van der Waals surface area contributed by atoms with E-state index in [4.69, 9.17) is 14.2 Å². The van der Waals surface area contributed by atoms with E-state index in [9.17, 15) is 9.90 Å². The van der Waals surface area contributed by atoms with Gasteiger partial charge in [-0.1, -0.05) is 6.07 Å². The maximum Gasteiger partial charge on any atom is 0.189 e. The highest BCUT2D eigenvalue weighted by molar-refractivity contribution is 6.09. The average molecular weight is 314 g/mol. The minimum Gasteiger partial charge on any atom is -0.507 e. The van der Waals surface area contributed by atoms with Crippen molar-refractivity contribution in [2.45, 2.75) is 0 Å². The molecule has 5 heteroatoms. The third-order valence-corrected chi connectivity index (χ3v) is 3.34. The van der Waals surface area contributed by atoms with Gasteiger partial charge < -0.3 is 19.3 Å². The first-order chi connectivity index (χ1) is 11.1. The first-order valence-corrected chi connectivity index (χ1v) is 6.91. The summed E-state index contributed by atoms with van der Waals surface area (Å²) < 4.78 is 15.6. The number of aromatic hydroxyl groups is 1. The molecule has 120 valence electrons. The van der Waals surface area contributed by atoms with Crippen molar-refractivity contribution in [1.82, 2.24) is 0 Å². The van der Waals surface area contributed by atoms with Crippen LogP contribution in [0.2, 0.25) is 0 Å². The Hall–Kier alpha value is -2.95. The number of ketones is 1. The van der Waals surface area contributed by atoms with Crippen molar-refractivity contribution < 1.29 is 24.1 Å². The second-order valence-electron chi connectivity index (χ2n) is 4.66. The zero-order chi connectivity index (χ0) is 16.8. The number of phenolic OH excluding ortho intramolecular Hbond substituents is 1. The number of ether oxygens (including phenoxy) is 3. The van der Waals surface area contributed by atoms with Gasteiger partial charge >= 0.3 is 0 Å². The lowest BCUT2D eigenvalue weighted by Crippen LogP contribution is -1.97. The number of rotatable bonds is 6. The molecule has 0 aliphatic carbocycles. The minimum absolute atomic E-state index is 0.104. The maximum absolute atomic E-state index is 12.3. The molecule has 0 aliphatic rings. The van der Waals surface area contributed by atoms with Crippen molar-refractivity contribution in [3.63, 3.8) is 0 Å². The van der Waals surface area contributed by atoms with Gasteiger partial charge in [0.2, 0.25) is 0 Å². The molecule has 0 amide bonds. The summed E-state index contributed by atoms with van der Waals surface area (Å²) in [6.07, 6.45) is 2.95. The van der Waals surface area contributed by atoms with Gasteiger partial charge in [0.1, 0.15) is 23.0 Å². The number of hydrogen-bond acceptors (Lipinski definition) is 5. The smallest absolute Gasteiger partial charge is 0.189 e. The van der Waals surface area contributed by atoms with Crippen LogP contribution in [0.4, 0.5) is 0 Å². The summed E-state index contributed by atoms with van der Waals surface area (Å²) in [5.41, 5.74) is 0.808. The molecule has 1 N–H and O–H groups in total. The van der Waals surface area contributed by atoms with Gasteiger partial charge in [0.05, 0.1) is 32.5 Å². The summed E-state index contributed by atoms with van der Waals surface area (Å²) in [4.78, 5) is 12.3. The summed E-state index contributed by atoms with van der Waals surface area (Å²) in [5, 5.41) is 9.84. The number of benzene rings is 2. The van der Waals surface area contributed by atoms with E-state index >= 15 is 0 Å². The molecule has 2 aromatic carbocycles. The van der Waals surface area contributed by atoms with E-state index < -0.39 is 0 Å². The fourth-order valence-electron chi connectivity index (χ4n) is 2.13. The molecule has 0 heterocycles. The van der Waals surface area contributed by atoms with Crippen molar-refractivity contribution in [2.24, 2.45) is 0 Å². The van der Waals surface area contributed by atoms with Crippen LogP contribution in [0.15, 0.2) is 42.5 Å². The fourth-order valence-corrected chi connectivity index (χ4v) is 2.13. The van der Waals surface area contributed by atoms with Gasteiger partial charge in [-0.3, -0.25) is 4.79 Å². The Morgan fingerprint density at radius 2 is 1.65 bits per heavy atom. The lowest BCUT2D eigenvalue weighted by molar-refractivity contribution is 0.104. The highest BCUT2D eigenvalue weighted by Gasteiger charge is 2.11. The Balaban J connectivity index is 2.36. The van der Waals surface area contributed by atoms with Gasteiger partial charge in [-0.15, -0.1) is 0 Å². The fraction of sp³-hybridized carbons (Fsp3) is 0.167. The van der Waals surface area contributed by atoms with Crippen LogP contribution in [-0.2, 0) is 0 Å². The van der Waals surface area contributed by atoms with Crippen LogP contribution < -0.4 is 14.2 Å². The normalized spacial score (nSPS) is 10.6. The molecule has 0 atom stereocenters. The van der Waals surface area contributed by atoms with Gasteiger partial charge in [-0.2, -0.15) is 0 Å². The van der Waals surface area contributed by atoms with Crippen LogP contribution in [0.3, 0.4) is 0 Å².